The smallest absolute Gasteiger partial charge is 0.267 e. The maximum Gasteiger partial charge on any atom is 0.267 e. The Morgan fingerprint density at radius 2 is 1.89 bits per heavy atom. The molecule has 1 aromatic carbocycles. The zero-order valence-electron chi connectivity index (χ0n) is 15.2. The van der Waals surface area contributed by atoms with E-state index in [1.807, 2.05) is 0 Å². The van der Waals surface area contributed by atoms with Crippen molar-refractivity contribution in [2.75, 3.05) is 16.4 Å². The molecule has 142 valence electrons. The largest absolute Gasteiger partial charge is 0.326 e. The highest BCUT2D eigenvalue weighted by Gasteiger charge is 2.25. The summed E-state index contributed by atoms with van der Waals surface area (Å²) in [5.41, 5.74) is 2.08. The second kappa shape index (κ2) is 8.18. The van der Waals surface area contributed by atoms with Crippen molar-refractivity contribution in [2.45, 2.75) is 35.6 Å². The van der Waals surface area contributed by atoms with E-state index in [0.29, 0.717) is 21.8 Å². The predicted octanol–water partition coefficient (Wildman–Crippen LogP) is 2.51. The molecule has 2 amide bonds. The molecule has 1 aromatic heterocycles. The first-order valence-corrected chi connectivity index (χ1v) is 10.3. The Kier molecular flexibility index (Phi) is 5.91. The van der Waals surface area contributed by atoms with Crippen molar-refractivity contribution in [3.05, 3.63) is 40.3 Å². The van der Waals surface area contributed by atoms with Gasteiger partial charge in [-0.1, -0.05) is 18.7 Å². The molecule has 27 heavy (non-hydrogen) atoms. The Bertz CT molecular complexity index is 941. The fourth-order valence-electron chi connectivity index (χ4n) is 2.67. The molecule has 1 atom stereocenters. The van der Waals surface area contributed by atoms with Crippen LogP contribution < -0.4 is 16.2 Å². The highest BCUT2D eigenvalue weighted by atomic mass is 32.2. The van der Waals surface area contributed by atoms with Crippen molar-refractivity contribution < 1.29 is 9.59 Å². The third-order valence-corrected chi connectivity index (χ3v) is 6.14. The Balaban J connectivity index is 1.61. The van der Waals surface area contributed by atoms with E-state index in [-0.39, 0.29) is 23.1 Å². The summed E-state index contributed by atoms with van der Waals surface area (Å²) in [6.07, 6.45) is 0.774. The number of thioether (sulfide) groups is 2. The van der Waals surface area contributed by atoms with Crippen molar-refractivity contribution in [3.8, 4) is 0 Å². The van der Waals surface area contributed by atoms with Crippen molar-refractivity contribution in [3.63, 3.8) is 0 Å². The number of nitrogens with one attached hydrogen (secondary N) is 2. The first-order chi connectivity index (χ1) is 12.8. The number of hydrogen-bond acceptors (Lipinski definition) is 6. The number of carbonyl (C=O) groups is 2. The van der Waals surface area contributed by atoms with Gasteiger partial charge < -0.3 is 10.6 Å². The average molecular weight is 405 g/mol. The highest BCUT2D eigenvalue weighted by Crippen LogP contribution is 2.33. The lowest BCUT2D eigenvalue weighted by molar-refractivity contribution is -0.114. The summed E-state index contributed by atoms with van der Waals surface area (Å²) >= 11 is 2.80. The van der Waals surface area contributed by atoms with Crippen molar-refractivity contribution >= 4 is 46.7 Å². The number of benzene rings is 1. The van der Waals surface area contributed by atoms with E-state index in [2.05, 4.69) is 22.5 Å². The maximum atomic E-state index is 12.4. The Morgan fingerprint density at radius 1 is 1.26 bits per heavy atom. The summed E-state index contributed by atoms with van der Waals surface area (Å²) < 4.78 is 1.50. The van der Waals surface area contributed by atoms with Crippen LogP contribution in [0, 0.1) is 0 Å². The quantitative estimate of drug-likeness (QED) is 0.588. The normalized spacial score (nSPS) is 15.3. The van der Waals surface area contributed by atoms with Crippen LogP contribution in [0.4, 0.5) is 11.4 Å². The van der Waals surface area contributed by atoms with E-state index in [4.69, 9.17) is 0 Å². The molecule has 2 heterocycles. The third kappa shape index (κ3) is 4.72. The average Bonchev–Trinajstić information content (AvgIpc) is 2.99. The molecule has 1 aliphatic rings. The molecule has 0 saturated carbocycles. The summed E-state index contributed by atoms with van der Waals surface area (Å²) in [4.78, 5) is 40.9. The number of aromatic nitrogens is 2. The molecular weight excluding hydrogens is 384 g/mol. The Labute approximate surface area is 165 Å². The van der Waals surface area contributed by atoms with Gasteiger partial charge in [0.25, 0.3) is 5.56 Å². The summed E-state index contributed by atoms with van der Waals surface area (Å²) in [6.45, 7) is 3.51. The van der Waals surface area contributed by atoms with Gasteiger partial charge >= 0.3 is 0 Å². The van der Waals surface area contributed by atoms with E-state index < -0.39 is 0 Å². The van der Waals surface area contributed by atoms with Gasteiger partial charge in [-0.3, -0.25) is 19.0 Å². The molecule has 2 N–H and O–H groups in total. The fraction of sp³-hybridized carbons (Fsp3) is 0.333. The molecule has 1 unspecified atom stereocenters. The molecule has 0 spiro atoms. The summed E-state index contributed by atoms with van der Waals surface area (Å²) in [6, 6.07) is 6.87. The molecule has 9 heteroatoms. The van der Waals surface area contributed by atoms with E-state index >= 15 is 0 Å². The van der Waals surface area contributed by atoms with Crippen molar-refractivity contribution in [2.24, 2.45) is 7.05 Å². The van der Waals surface area contributed by atoms with Gasteiger partial charge in [0, 0.05) is 37.0 Å². The lowest BCUT2D eigenvalue weighted by Gasteiger charge is -2.10. The van der Waals surface area contributed by atoms with Crippen LogP contribution in [0.2, 0.25) is 0 Å². The Morgan fingerprint density at radius 3 is 2.52 bits per heavy atom. The lowest BCUT2D eigenvalue weighted by atomic mass is 10.2. The van der Waals surface area contributed by atoms with Gasteiger partial charge in [-0.15, -0.1) is 11.8 Å². The zero-order chi connectivity index (χ0) is 19.6. The van der Waals surface area contributed by atoms with Gasteiger partial charge in [0.05, 0.1) is 16.3 Å². The number of amides is 2. The van der Waals surface area contributed by atoms with Crippen LogP contribution >= 0.6 is 23.5 Å². The SMILES string of the molecule is CC(=O)Nc1ccc(NC(=O)CSc2nc3c(c(=O)n2C)SC(C)C3)cc1. The fourth-order valence-corrected chi connectivity index (χ4v) is 4.60. The van der Waals surface area contributed by atoms with Crippen LogP contribution in [0.25, 0.3) is 0 Å². The zero-order valence-corrected chi connectivity index (χ0v) is 16.9. The molecule has 0 fully saturated rings. The first kappa shape index (κ1) is 19.5. The van der Waals surface area contributed by atoms with E-state index in [9.17, 15) is 14.4 Å². The number of fused-ring (bicyclic) bond motifs is 1. The molecule has 7 nitrogen and oxygen atoms in total. The maximum absolute atomic E-state index is 12.4. The monoisotopic (exact) mass is 404 g/mol. The van der Waals surface area contributed by atoms with Crippen molar-refractivity contribution in [1.29, 1.82) is 0 Å². The summed E-state index contributed by atoms with van der Waals surface area (Å²) in [5.74, 6) is -0.192. The first-order valence-electron chi connectivity index (χ1n) is 8.40. The second-order valence-corrected chi connectivity index (χ2v) is 8.65. The van der Waals surface area contributed by atoms with Gasteiger partial charge in [-0.2, -0.15) is 0 Å². The van der Waals surface area contributed by atoms with E-state index in [1.165, 1.54) is 23.3 Å². The van der Waals surface area contributed by atoms with Gasteiger partial charge in [0.15, 0.2) is 5.16 Å². The number of nitrogens with zero attached hydrogens (tertiary/aromatic N) is 2. The molecule has 2 aromatic rings. The van der Waals surface area contributed by atoms with Crippen molar-refractivity contribution in [1.82, 2.24) is 9.55 Å². The van der Waals surface area contributed by atoms with Crippen LogP contribution in [0.1, 0.15) is 19.5 Å². The standard InChI is InChI=1S/C18H20N4O3S2/c1-10-8-14-16(27-10)17(25)22(3)18(21-14)26-9-15(24)20-13-6-4-12(5-7-13)19-11(2)23/h4-7,10H,8-9H2,1-3H3,(H,19,23)(H,20,24). The molecule has 0 aliphatic carbocycles. The topological polar surface area (TPSA) is 93.1 Å². The number of rotatable bonds is 5. The highest BCUT2D eigenvalue weighted by molar-refractivity contribution is 8.00. The lowest BCUT2D eigenvalue weighted by Crippen LogP contribution is -2.23. The molecule has 0 saturated heterocycles. The molecular formula is C18H20N4O3S2. The minimum Gasteiger partial charge on any atom is -0.326 e. The summed E-state index contributed by atoms with van der Waals surface area (Å²) in [7, 11) is 1.68. The second-order valence-electron chi connectivity index (χ2n) is 6.26. The van der Waals surface area contributed by atoms with Crippen LogP contribution in [0.3, 0.4) is 0 Å². The van der Waals surface area contributed by atoms with E-state index in [1.54, 1.807) is 43.1 Å². The van der Waals surface area contributed by atoms with Crippen LogP contribution in [0.15, 0.2) is 39.1 Å². The summed E-state index contributed by atoms with van der Waals surface area (Å²) in [5, 5.41) is 6.36. The van der Waals surface area contributed by atoms with Gasteiger partial charge in [-0.05, 0) is 24.3 Å². The number of anilines is 2. The van der Waals surface area contributed by atoms with Gasteiger partial charge in [0.1, 0.15) is 0 Å². The van der Waals surface area contributed by atoms with E-state index in [0.717, 1.165) is 17.0 Å². The molecule has 0 radical (unpaired) electrons. The molecule has 0 bridgehead atoms. The van der Waals surface area contributed by atoms with Crippen LogP contribution in [0.5, 0.6) is 0 Å². The van der Waals surface area contributed by atoms with Gasteiger partial charge in [-0.25, -0.2) is 4.98 Å². The minimum absolute atomic E-state index is 0.0502. The number of hydrogen-bond donors (Lipinski definition) is 2. The molecule has 3 rings (SSSR count). The molecule has 1 aliphatic heterocycles. The predicted molar refractivity (Wildman–Crippen MR) is 109 cm³/mol. The third-order valence-electron chi connectivity index (χ3n) is 3.90. The van der Waals surface area contributed by atoms with Gasteiger partial charge in [0.2, 0.25) is 11.8 Å². The Hall–Kier alpha value is -2.26. The van der Waals surface area contributed by atoms with Crippen LogP contribution in [-0.2, 0) is 23.1 Å². The number of carbonyl (C=O) groups excluding carboxylic acids is 2. The minimum atomic E-state index is -0.190. The van der Waals surface area contributed by atoms with Crippen LogP contribution in [-0.4, -0.2) is 32.4 Å².